The molecule has 0 atom stereocenters. The fourth-order valence-electron chi connectivity index (χ4n) is 2.29. The second-order valence-electron chi connectivity index (χ2n) is 5.56. The summed E-state index contributed by atoms with van der Waals surface area (Å²) in [7, 11) is 0. The van der Waals surface area contributed by atoms with E-state index in [0.29, 0.717) is 25.0 Å². The maximum Gasteiger partial charge on any atom is 0.247 e. The summed E-state index contributed by atoms with van der Waals surface area (Å²) in [4.78, 5) is 6.59. The number of rotatable bonds is 5. The Kier molecular flexibility index (Phi) is 4.87. The van der Waals surface area contributed by atoms with Crippen LogP contribution in [-0.2, 0) is 4.74 Å². The van der Waals surface area contributed by atoms with Crippen LogP contribution in [0.3, 0.4) is 0 Å². The molecule has 1 N–H and O–H groups in total. The lowest BCUT2D eigenvalue weighted by Crippen LogP contribution is -2.37. The molecule has 1 aliphatic rings. The molecule has 0 spiro atoms. The van der Waals surface area contributed by atoms with Gasteiger partial charge in [0.2, 0.25) is 5.95 Å². The molecule has 7 nitrogen and oxygen atoms in total. The predicted octanol–water partition coefficient (Wildman–Crippen LogP) is 2.24. The molecular formula is C16H21N5O2. The number of nitrogens with one attached hydrogen (secondary N) is 1. The Balaban J connectivity index is 1.67. The highest BCUT2D eigenvalue weighted by atomic mass is 16.5. The van der Waals surface area contributed by atoms with Crippen molar-refractivity contribution >= 4 is 17.5 Å². The van der Waals surface area contributed by atoms with Crippen LogP contribution in [-0.4, -0.2) is 47.6 Å². The fourth-order valence-corrected chi connectivity index (χ4v) is 2.29. The van der Waals surface area contributed by atoms with E-state index in [2.05, 4.69) is 25.4 Å². The smallest absolute Gasteiger partial charge is 0.247 e. The van der Waals surface area contributed by atoms with Crippen molar-refractivity contribution < 1.29 is 9.47 Å². The monoisotopic (exact) mass is 315 g/mol. The molecule has 0 saturated carbocycles. The van der Waals surface area contributed by atoms with Crippen molar-refractivity contribution in [1.29, 1.82) is 0 Å². The van der Waals surface area contributed by atoms with Gasteiger partial charge >= 0.3 is 0 Å². The Bertz CT molecular complexity index is 627. The molecule has 1 aromatic carbocycles. The number of ether oxygens (including phenoxy) is 2. The summed E-state index contributed by atoms with van der Waals surface area (Å²) in [5, 5.41) is 11.4. The van der Waals surface area contributed by atoms with Crippen LogP contribution in [0.4, 0.5) is 17.5 Å². The number of hydrogen-bond acceptors (Lipinski definition) is 7. The summed E-state index contributed by atoms with van der Waals surface area (Å²) in [5.41, 5.74) is 0.925. The second-order valence-corrected chi connectivity index (χ2v) is 5.56. The van der Waals surface area contributed by atoms with Crippen LogP contribution in [0.15, 0.2) is 30.5 Å². The lowest BCUT2D eigenvalue weighted by Gasteiger charge is -2.26. The molecule has 23 heavy (non-hydrogen) atoms. The molecular weight excluding hydrogens is 294 g/mol. The molecule has 1 fully saturated rings. The topological polar surface area (TPSA) is 72.4 Å². The Labute approximate surface area is 135 Å². The van der Waals surface area contributed by atoms with Crippen LogP contribution >= 0.6 is 0 Å². The van der Waals surface area contributed by atoms with Crippen molar-refractivity contribution in [2.24, 2.45) is 0 Å². The van der Waals surface area contributed by atoms with E-state index in [1.165, 1.54) is 0 Å². The lowest BCUT2D eigenvalue weighted by atomic mass is 10.3. The van der Waals surface area contributed by atoms with E-state index in [1.54, 1.807) is 6.20 Å². The molecule has 0 unspecified atom stereocenters. The van der Waals surface area contributed by atoms with E-state index in [4.69, 9.17) is 9.47 Å². The molecule has 0 amide bonds. The molecule has 1 aromatic heterocycles. The van der Waals surface area contributed by atoms with E-state index in [9.17, 15) is 0 Å². The van der Waals surface area contributed by atoms with E-state index in [-0.39, 0.29) is 6.10 Å². The summed E-state index contributed by atoms with van der Waals surface area (Å²) in [6.07, 6.45) is 1.78. The quantitative estimate of drug-likeness (QED) is 0.907. The van der Waals surface area contributed by atoms with Gasteiger partial charge in [-0.3, -0.25) is 0 Å². The van der Waals surface area contributed by atoms with E-state index < -0.39 is 0 Å². The third-order valence-corrected chi connectivity index (χ3v) is 3.34. The molecule has 122 valence electrons. The maximum absolute atomic E-state index is 5.63. The highest BCUT2D eigenvalue weighted by Gasteiger charge is 2.14. The van der Waals surface area contributed by atoms with Crippen molar-refractivity contribution in [3.8, 4) is 5.75 Å². The Hall–Kier alpha value is -2.41. The van der Waals surface area contributed by atoms with Crippen molar-refractivity contribution in [2.45, 2.75) is 20.0 Å². The summed E-state index contributed by atoms with van der Waals surface area (Å²) in [5.74, 6) is 2.14. The summed E-state index contributed by atoms with van der Waals surface area (Å²) >= 11 is 0. The van der Waals surface area contributed by atoms with Crippen LogP contribution in [0.5, 0.6) is 5.75 Å². The standard InChI is InChI=1S/C16H21N5O2/c1-12(2)23-14-5-3-13(4-6-14)18-15-11-17-20-16(19-15)21-7-9-22-10-8-21/h3-6,11-12H,7-10H2,1-2H3,(H,18,19,20). The molecule has 0 radical (unpaired) electrons. The van der Waals surface area contributed by atoms with Crippen molar-refractivity contribution in [1.82, 2.24) is 15.2 Å². The van der Waals surface area contributed by atoms with Crippen LogP contribution in [0.1, 0.15) is 13.8 Å². The summed E-state index contributed by atoms with van der Waals surface area (Å²) in [6, 6.07) is 7.77. The molecule has 1 saturated heterocycles. The maximum atomic E-state index is 5.63. The minimum Gasteiger partial charge on any atom is -0.491 e. The minimum atomic E-state index is 0.163. The average Bonchev–Trinajstić information content (AvgIpc) is 2.57. The van der Waals surface area contributed by atoms with Gasteiger partial charge in [0, 0.05) is 18.8 Å². The van der Waals surface area contributed by atoms with Crippen LogP contribution in [0, 0.1) is 0 Å². The molecule has 2 heterocycles. The first-order valence-corrected chi connectivity index (χ1v) is 7.77. The molecule has 0 aliphatic carbocycles. The molecule has 7 heteroatoms. The van der Waals surface area contributed by atoms with Gasteiger partial charge < -0.3 is 19.7 Å². The molecule has 1 aliphatic heterocycles. The summed E-state index contributed by atoms with van der Waals surface area (Å²) < 4.78 is 11.0. The third kappa shape index (κ3) is 4.29. The van der Waals surface area contributed by atoms with Crippen molar-refractivity contribution in [2.75, 3.05) is 36.5 Å². The van der Waals surface area contributed by atoms with Gasteiger partial charge in [-0.2, -0.15) is 10.1 Å². The van der Waals surface area contributed by atoms with Crippen LogP contribution in [0.25, 0.3) is 0 Å². The van der Waals surface area contributed by atoms with E-state index >= 15 is 0 Å². The number of morpholine rings is 1. The SMILES string of the molecule is CC(C)Oc1ccc(Nc2cnnc(N3CCOCC3)n2)cc1. The van der Waals surface area contributed by atoms with Gasteiger partial charge in [0.15, 0.2) is 5.82 Å². The van der Waals surface area contributed by atoms with Gasteiger partial charge in [-0.05, 0) is 38.1 Å². The number of hydrogen-bond donors (Lipinski definition) is 1. The van der Waals surface area contributed by atoms with Gasteiger partial charge in [0.25, 0.3) is 0 Å². The fraction of sp³-hybridized carbons (Fsp3) is 0.438. The van der Waals surface area contributed by atoms with Crippen LogP contribution in [0.2, 0.25) is 0 Å². The zero-order valence-corrected chi connectivity index (χ0v) is 13.4. The first kappa shape index (κ1) is 15.5. The number of benzene rings is 1. The Morgan fingerprint density at radius 2 is 1.91 bits per heavy atom. The van der Waals surface area contributed by atoms with Gasteiger partial charge in [-0.25, -0.2) is 0 Å². The average molecular weight is 315 g/mol. The highest BCUT2D eigenvalue weighted by Crippen LogP contribution is 2.20. The van der Waals surface area contributed by atoms with Gasteiger partial charge in [-0.15, -0.1) is 5.10 Å². The first-order chi connectivity index (χ1) is 11.2. The number of anilines is 3. The third-order valence-electron chi connectivity index (χ3n) is 3.34. The predicted molar refractivity (Wildman–Crippen MR) is 88.3 cm³/mol. The van der Waals surface area contributed by atoms with Gasteiger partial charge in [-0.1, -0.05) is 0 Å². The first-order valence-electron chi connectivity index (χ1n) is 7.77. The molecule has 2 aromatic rings. The highest BCUT2D eigenvalue weighted by molar-refractivity contribution is 5.57. The normalized spacial score (nSPS) is 14.8. The summed E-state index contributed by atoms with van der Waals surface area (Å²) in [6.45, 7) is 6.97. The number of aromatic nitrogens is 3. The van der Waals surface area contributed by atoms with E-state index in [1.807, 2.05) is 38.1 Å². The van der Waals surface area contributed by atoms with Crippen LogP contribution < -0.4 is 15.0 Å². The van der Waals surface area contributed by atoms with Crippen molar-refractivity contribution in [3.05, 3.63) is 30.5 Å². The molecule has 0 bridgehead atoms. The van der Waals surface area contributed by atoms with E-state index in [0.717, 1.165) is 24.5 Å². The largest absolute Gasteiger partial charge is 0.491 e. The zero-order chi connectivity index (χ0) is 16.1. The van der Waals surface area contributed by atoms with Gasteiger partial charge in [0.1, 0.15) is 5.75 Å². The Morgan fingerprint density at radius 1 is 1.17 bits per heavy atom. The lowest BCUT2D eigenvalue weighted by molar-refractivity contribution is 0.122. The van der Waals surface area contributed by atoms with Crippen molar-refractivity contribution in [3.63, 3.8) is 0 Å². The minimum absolute atomic E-state index is 0.163. The zero-order valence-electron chi connectivity index (χ0n) is 13.4. The Morgan fingerprint density at radius 3 is 2.61 bits per heavy atom. The van der Waals surface area contributed by atoms with Gasteiger partial charge in [0.05, 0.1) is 25.5 Å². The molecule has 3 rings (SSSR count). The second kappa shape index (κ2) is 7.23. The number of nitrogens with zero attached hydrogens (tertiary/aromatic N) is 4.